The molecule has 3 amide bonds. The zero-order valence-corrected chi connectivity index (χ0v) is 15.3. The highest BCUT2D eigenvalue weighted by atomic mass is 16.5. The van der Waals surface area contributed by atoms with Gasteiger partial charge in [0.2, 0.25) is 0 Å². The molecule has 0 radical (unpaired) electrons. The monoisotopic (exact) mass is 345 g/mol. The van der Waals surface area contributed by atoms with Crippen LogP contribution in [-0.4, -0.2) is 62.8 Å². The van der Waals surface area contributed by atoms with Crippen molar-refractivity contribution in [1.82, 2.24) is 9.80 Å². The number of likely N-dealkylation sites (tertiary alicyclic amines) is 1. The molecule has 1 aromatic rings. The van der Waals surface area contributed by atoms with Crippen LogP contribution in [0.5, 0.6) is 0 Å². The normalized spacial score (nSPS) is 19.2. The number of hydrogen-bond acceptors (Lipinski definition) is 3. The van der Waals surface area contributed by atoms with Crippen LogP contribution in [0.1, 0.15) is 31.2 Å². The van der Waals surface area contributed by atoms with Crippen LogP contribution in [0.2, 0.25) is 0 Å². The second-order valence-electron chi connectivity index (χ2n) is 7.19. The van der Waals surface area contributed by atoms with Gasteiger partial charge in [-0.3, -0.25) is 4.90 Å². The summed E-state index contributed by atoms with van der Waals surface area (Å²) in [6.07, 6.45) is 3.57. The summed E-state index contributed by atoms with van der Waals surface area (Å²) in [5.41, 5.74) is 2.29. The Bertz CT molecular complexity index is 651. The highest BCUT2D eigenvalue weighted by Crippen LogP contribution is 2.46. The molecule has 136 valence electrons. The maximum atomic E-state index is 12.6. The molecule has 2 heterocycles. The summed E-state index contributed by atoms with van der Waals surface area (Å²) in [5, 5.41) is 0. The van der Waals surface area contributed by atoms with E-state index >= 15 is 0 Å². The molecular weight excluding hydrogens is 318 g/mol. The Morgan fingerprint density at radius 1 is 1.08 bits per heavy atom. The van der Waals surface area contributed by atoms with Gasteiger partial charge in [-0.2, -0.15) is 0 Å². The molecule has 0 N–H and O–H groups in total. The van der Waals surface area contributed by atoms with Crippen molar-refractivity contribution in [3.8, 4) is 0 Å². The number of fused-ring (bicyclic) bond motifs is 2. The molecule has 6 nitrogen and oxygen atoms in total. The molecule has 0 atom stereocenters. The van der Waals surface area contributed by atoms with Crippen molar-refractivity contribution in [3.63, 3.8) is 0 Å². The lowest BCUT2D eigenvalue weighted by Gasteiger charge is -2.42. The molecule has 1 saturated heterocycles. The third kappa shape index (κ3) is 3.17. The Hall–Kier alpha value is -2.24. The summed E-state index contributed by atoms with van der Waals surface area (Å²) in [4.78, 5) is 29.8. The van der Waals surface area contributed by atoms with Gasteiger partial charge in [0.1, 0.15) is 0 Å². The lowest BCUT2D eigenvalue weighted by atomic mass is 9.70. The second kappa shape index (κ2) is 6.94. The van der Waals surface area contributed by atoms with Crippen molar-refractivity contribution in [2.24, 2.45) is 0 Å². The quantitative estimate of drug-likeness (QED) is 0.726. The zero-order valence-electron chi connectivity index (χ0n) is 15.3. The predicted molar refractivity (Wildman–Crippen MR) is 97.0 cm³/mol. The van der Waals surface area contributed by atoms with E-state index in [0.717, 1.165) is 37.9 Å². The van der Waals surface area contributed by atoms with Gasteiger partial charge in [-0.1, -0.05) is 18.2 Å². The SMILES string of the molecule is COC(=O)N1CCC2(CCCN(C(=O)N(C)C)c3ccccc32)CC1. The van der Waals surface area contributed by atoms with E-state index in [1.165, 1.54) is 12.7 Å². The zero-order chi connectivity index (χ0) is 18.0. The lowest BCUT2D eigenvalue weighted by molar-refractivity contribution is 0.0973. The van der Waals surface area contributed by atoms with Crippen LogP contribution in [-0.2, 0) is 10.2 Å². The molecule has 0 unspecified atom stereocenters. The van der Waals surface area contributed by atoms with Crippen LogP contribution < -0.4 is 4.90 Å². The van der Waals surface area contributed by atoms with E-state index in [1.54, 1.807) is 23.9 Å². The summed E-state index contributed by atoms with van der Waals surface area (Å²) < 4.78 is 4.86. The van der Waals surface area contributed by atoms with E-state index < -0.39 is 0 Å². The average molecular weight is 345 g/mol. The third-order valence-electron chi connectivity index (χ3n) is 5.57. The first-order valence-corrected chi connectivity index (χ1v) is 8.90. The number of rotatable bonds is 0. The van der Waals surface area contributed by atoms with Gasteiger partial charge in [0, 0.05) is 44.8 Å². The number of methoxy groups -OCH3 is 1. The van der Waals surface area contributed by atoms with Gasteiger partial charge in [-0.05, 0) is 37.3 Å². The summed E-state index contributed by atoms with van der Waals surface area (Å²) in [5.74, 6) is 0. The van der Waals surface area contributed by atoms with Crippen LogP contribution in [0.4, 0.5) is 15.3 Å². The topological polar surface area (TPSA) is 53.1 Å². The van der Waals surface area contributed by atoms with E-state index in [2.05, 4.69) is 18.2 Å². The largest absolute Gasteiger partial charge is 0.453 e. The minimum absolute atomic E-state index is 0.0245. The van der Waals surface area contributed by atoms with E-state index in [9.17, 15) is 9.59 Å². The van der Waals surface area contributed by atoms with Crippen molar-refractivity contribution in [3.05, 3.63) is 29.8 Å². The van der Waals surface area contributed by atoms with Gasteiger partial charge in [0.25, 0.3) is 0 Å². The summed E-state index contributed by atoms with van der Waals surface area (Å²) in [6, 6.07) is 8.28. The fraction of sp³-hybridized carbons (Fsp3) is 0.579. The minimum Gasteiger partial charge on any atom is -0.453 e. The fourth-order valence-corrected chi connectivity index (χ4v) is 4.19. The van der Waals surface area contributed by atoms with Gasteiger partial charge in [-0.15, -0.1) is 0 Å². The van der Waals surface area contributed by atoms with Crippen molar-refractivity contribution in [2.75, 3.05) is 45.7 Å². The van der Waals surface area contributed by atoms with Crippen molar-refractivity contribution >= 4 is 17.8 Å². The van der Waals surface area contributed by atoms with Crippen LogP contribution >= 0.6 is 0 Å². The fourth-order valence-electron chi connectivity index (χ4n) is 4.19. The molecule has 1 aromatic carbocycles. The van der Waals surface area contributed by atoms with Gasteiger partial charge >= 0.3 is 12.1 Å². The first-order chi connectivity index (χ1) is 12.0. The Morgan fingerprint density at radius 2 is 1.76 bits per heavy atom. The number of carbonyl (C=O) groups excluding carboxylic acids is 2. The Balaban J connectivity index is 1.93. The number of para-hydroxylation sites is 1. The molecule has 2 aliphatic heterocycles. The molecule has 1 spiro atoms. The number of amides is 3. The molecule has 1 fully saturated rings. The Morgan fingerprint density at radius 3 is 2.40 bits per heavy atom. The van der Waals surface area contributed by atoms with Crippen molar-refractivity contribution in [1.29, 1.82) is 0 Å². The van der Waals surface area contributed by atoms with Gasteiger partial charge in [0.15, 0.2) is 0 Å². The minimum atomic E-state index is -0.249. The summed E-state index contributed by atoms with van der Waals surface area (Å²) >= 11 is 0. The standard InChI is InChI=1S/C19H27N3O3/c1-20(2)17(23)22-12-6-9-19(15-7-4-5-8-16(15)22)10-13-21(14-11-19)18(24)25-3/h4-5,7-8H,6,9-14H2,1-3H3. The number of ether oxygens (including phenoxy) is 1. The molecule has 0 aromatic heterocycles. The van der Waals surface area contributed by atoms with Gasteiger partial charge in [0.05, 0.1) is 7.11 Å². The lowest BCUT2D eigenvalue weighted by Crippen LogP contribution is -2.45. The molecule has 2 aliphatic rings. The average Bonchev–Trinajstić information content (AvgIpc) is 2.79. The van der Waals surface area contributed by atoms with E-state index in [4.69, 9.17) is 4.74 Å². The first-order valence-electron chi connectivity index (χ1n) is 8.90. The second-order valence-corrected chi connectivity index (χ2v) is 7.19. The number of urea groups is 1. The molecule has 3 rings (SSSR count). The number of hydrogen-bond donors (Lipinski definition) is 0. The van der Waals surface area contributed by atoms with Gasteiger partial charge < -0.3 is 14.5 Å². The highest BCUT2D eigenvalue weighted by molar-refractivity contribution is 5.93. The number of anilines is 1. The van der Waals surface area contributed by atoms with Crippen molar-refractivity contribution < 1.29 is 14.3 Å². The van der Waals surface area contributed by atoms with Crippen LogP contribution in [0.3, 0.4) is 0 Å². The molecule has 0 saturated carbocycles. The summed E-state index contributed by atoms with van der Waals surface area (Å²) in [6.45, 7) is 2.13. The Labute approximate surface area is 149 Å². The molecule has 6 heteroatoms. The number of benzene rings is 1. The predicted octanol–water partition coefficient (Wildman–Crippen LogP) is 3.07. The summed E-state index contributed by atoms with van der Waals surface area (Å²) in [7, 11) is 5.01. The number of nitrogens with zero attached hydrogens (tertiary/aromatic N) is 3. The van der Waals surface area contributed by atoms with Crippen LogP contribution in [0.25, 0.3) is 0 Å². The molecular formula is C19H27N3O3. The van der Waals surface area contributed by atoms with Crippen LogP contribution in [0, 0.1) is 0 Å². The third-order valence-corrected chi connectivity index (χ3v) is 5.57. The van der Waals surface area contributed by atoms with E-state index in [1.807, 2.05) is 11.0 Å². The molecule has 0 bridgehead atoms. The number of carbonyl (C=O) groups is 2. The first kappa shape index (κ1) is 17.6. The smallest absolute Gasteiger partial charge is 0.409 e. The molecule has 25 heavy (non-hydrogen) atoms. The highest BCUT2D eigenvalue weighted by Gasteiger charge is 2.41. The maximum Gasteiger partial charge on any atom is 0.409 e. The van der Waals surface area contributed by atoms with Crippen molar-refractivity contribution in [2.45, 2.75) is 31.1 Å². The van der Waals surface area contributed by atoms with Gasteiger partial charge in [-0.25, -0.2) is 9.59 Å². The Kier molecular flexibility index (Phi) is 4.88. The van der Waals surface area contributed by atoms with E-state index in [0.29, 0.717) is 13.1 Å². The number of piperidine rings is 1. The van der Waals surface area contributed by atoms with E-state index in [-0.39, 0.29) is 17.5 Å². The van der Waals surface area contributed by atoms with Crippen LogP contribution in [0.15, 0.2) is 24.3 Å². The maximum absolute atomic E-state index is 12.6. The molecule has 0 aliphatic carbocycles.